The summed E-state index contributed by atoms with van der Waals surface area (Å²) in [5, 5.41) is 0.515. The van der Waals surface area contributed by atoms with Gasteiger partial charge in [-0.25, -0.2) is 4.39 Å². The van der Waals surface area contributed by atoms with E-state index in [4.69, 9.17) is 11.6 Å². The zero-order chi connectivity index (χ0) is 18.0. The van der Waals surface area contributed by atoms with Crippen molar-refractivity contribution in [3.63, 3.8) is 0 Å². The third-order valence-corrected chi connectivity index (χ3v) is 4.58. The molecule has 6 heteroatoms. The molecule has 0 saturated carbocycles. The summed E-state index contributed by atoms with van der Waals surface area (Å²) in [5.74, 6) is -0.703. The Hall–Kier alpha value is -2.40. The fourth-order valence-corrected chi connectivity index (χ4v) is 3.02. The van der Waals surface area contributed by atoms with Gasteiger partial charge >= 0.3 is 0 Å². The van der Waals surface area contributed by atoms with Crippen LogP contribution in [-0.4, -0.2) is 47.8 Å². The largest absolute Gasteiger partial charge is 0.335 e. The van der Waals surface area contributed by atoms with Gasteiger partial charge in [0.25, 0.3) is 11.8 Å². The summed E-state index contributed by atoms with van der Waals surface area (Å²) >= 11 is 5.93. The number of benzene rings is 2. The van der Waals surface area contributed by atoms with Gasteiger partial charge in [-0.2, -0.15) is 0 Å². The molecule has 1 saturated heterocycles. The van der Waals surface area contributed by atoms with Crippen LogP contribution in [-0.2, 0) is 0 Å². The van der Waals surface area contributed by atoms with E-state index in [0.29, 0.717) is 47.9 Å². The van der Waals surface area contributed by atoms with Gasteiger partial charge in [-0.1, -0.05) is 23.7 Å². The van der Waals surface area contributed by atoms with E-state index in [9.17, 15) is 14.0 Å². The Morgan fingerprint density at radius 3 is 2.00 bits per heavy atom. The molecule has 0 radical (unpaired) electrons. The fourth-order valence-electron chi connectivity index (χ4n) is 2.83. The van der Waals surface area contributed by atoms with Crippen molar-refractivity contribution in [3.8, 4) is 0 Å². The quantitative estimate of drug-likeness (QED) is 0.823. The molecule has 1 aliphatic rings. The molecule has 1 aliphatic heterocycles. The van der Waals surface area contributed by atoms with Crippen LogP contribution in [0.25, 0.3) is 0 Å². The molecule has 0 atom stereocenters. The van der Waals surface area contributed by atoms with Crippen molar-refractivity contribution in [2.75, 3.05) is 26.2 Å². The number of piperazine rings is 1. The van der Waals surface area contributed by atoms with Crippen LogP contribution >= 0.6 is 11.6 Å². The normalized spacial score (nSPS) is 14.5. The smallest absolute Gasteiger partial charge is 0.254 e. The highest BCUT2D eigenvalue weighted by atomic mass is 35.5. The zero-order valence-electron chi connectivity index (χ0n) is 13.8. The molecule has 25 heavy (non-hydrogen) atoms. The molecule has 2 aromatic carbocycles. The lowest BCUT2D eigenvalue weighted by Crippen LogP contribution is -2.50. The van der Waals surface area contributed by atoms with Crippen LogP contribution in [0.15, 0.2) is 42.5 Å². The maximum atomic E-state index is 13.7. The molecular weight excluding hydrogens is 343 g/mol. The Kier molecular flexibility index (Phi) is 5.04. The minimum absolute atomic E-state index is 0.101. The third kappa shape index (κ3) is 3.82. The summed E-state index contributed by atoms with van der Waals surface area (Å²) in [4.78, 5) is 28.3. The van der Waals surface area contributed by atoms with Crippen molar-refractivity contribution >= 4 is 23.4 Å². The molecule has 0 bridgehead atoms. The number of hydrogen-bond donors (Lipinski definition) is 0. The predicted octanol–water partition coefficient (Wildman–Crippen LogP) is 3.39. The zero-order valence-corrected chi connectivity index (χ0v) is 14.6. The summed E-state index contributed by atoms with van der Waals surface area (Å²) in [6.07, 6.45) is 0. The molecule has 1 heterocycles. The highest BCUT2D eigenvalue weighted by Crippen LogP contribution is 2.16. The summed E-state index contributed by atoms with van der Waals surface area (Å²) in [5.41, 5.74) is 1.37. The average Bonchev–Trinajstić information content (AvgIpc) is 2.63. The van der Waals surface area contributed by atoms with Crippen LogP contribution in [0, 0.1) is 12.7 Å². The maximum Gasteiger partial charge on any atom is 0.254 e. The number of carbonyl (C=O) groups is 2. The summed E-state index contributed by atoms with van der Waals surface area (Å²) in [7, 11) is 0. The van der Waals surface area contributed by atoms with E-state index in [2.05, 4.69) is 0 Å². The van der Waals surface area contributed by atoms with Crippen LogP contribution in [0.5, 0.6) is 0 Å². The summed E-state index contributed by atoms with van der Waals surface area (Å²) < 4.78 is 13.7. The van der Waals surface area contributed by atoms with E-state index >= 15 is 0 Å². The lowest BCUT2D eigenvalue weighted by atomic mass is 10.1. The standard InChI is InChI=1S/C19H18ClFN2O2/c1-13-5-6-15(12-17(13)21)19(25)23-9-7-22(8-10-23)18(24)14-3-2-4-16(20)11-14/h2-6,11-12H,7-10H2,1H3. The van der Waals surface area contributed by atoms with Gasteiger partial charge < -0.3 is 9.80 Å². The summed E-state index contributed by atoms with van der Waals surface area (Å²) in [6, 6.07) is 11.3. The Morgan fingerprint density at radius 2 is 1.48 bits per heavy atom. The highest BCUT2D eigenvalue weighted by molar-refractivity contribution is 6.30. The second kappa shape index (κ2) is 7.23. The molecule has 130 valence electrons. The lowest BCUT2D eigenvalue weighted by Gasteiger charge is -2.35. The SMILES string of the molecule is Cc1ccc(C(=O)N2CCN(C(=O)c3cccc(Cl)c3)CC2)cc1F. The number of aryl methyl sites for hydroxylation is 1. The van der Waals surface area contributed by atoms with Crippen LogP contribution < -0.4 is 0 Å². The van der Waals surface area contributed by atoms with Crippen LogP contribution in [0.4, 0.5) is 4.39 Å². The van der Waals surface area contributed by atoms with Crippen molar-refractivity contribution in [2.24, 2.45) is 0 Å². The monoisotopic (exact) mass is 360 g/mol. The van der Waals surface area contributed by atoms with E-state index in [1.165, 1.54) is 6.07 Å². The van der Waals surface area contributed by atoms with E-state index in [-0.39, 0.29) is 17.6 Å². The molecule has 0 unspecified atom stereocenters. The molecule has 4 nitrogen and oxygen atoms in total. The van der Waals surface area contributed by atoms with Gasteiger partial charge in [0.05, 0.1) is 0 Å². The van der Waals surface area contributed by atoms with Gasteiger partial charge in [0, 0.05) is 42.3 Å². The Bertz CT molecular complexity index is 817. The molecular formula is C19H18ClFN2O2. The first-order chi connectivity index (χ1) is 12.0. The first kappa shape index (κ1) is 17.4. The number of nitrogens with zero attached hydrogens (tertiary/aromatic N) is 2. The van der Waals surface area contributed by atoms with E-state index in [0.717, 1.165) is 0 Å². The van der Waals surface area contributed by atoms with Gasteiger partial charge in [-0.05, 0) is 42.8 Å². The lowest BCUT2D eigenvalue weighted by molar-refractivity contribution is 0.0535. The number of halogens is 2. The molecule has 1 fully saturated rings. The Morgan fingerprint density at radius 1 is 0.920 bits per heavy atom. The second-order valence-electron chi connectivity index (χ2n) is 6.06. The van der Waals surface area contributed by atoms with Crippen LogP contribution in [0.3, 0.4) is 0 Å². The number of rotatable bonds is 2. The third-order valence-electron chi connectivity index (χ3n) is 4.34. The van der Waals surface area contributed by atoms with Gasteiger partial charge in [0.15, 0.2) is 0 Å². The number of carbonyl (C=O) groups excluding carboxylic acids is 2. The predicted molar refractivity (Wildman–Crippen MR) is 94.4 cm³/mol. The molecule has 0 aromatic heterocycles. The van der Waals surface area contributed by atoms with Crippen molar-refractivity contribution < 1.29 is 14.0 Å². The molecule has 0 spiro atoms. The molecule has 3 rings (SSSR count). The summed E-state index contributed by atoms with van der Waals surface area (Å²) in [6.45, 7) is 3.36. The average molecular weight is 361 g/mol. The minimum atomic E-state index is -0.388. The van der Waals surface area contributed by atoms with Crippen molar-refractivity contribution in [1.29, 1.82) is 0 Å². The maximum absolute atomic E-state index is 13.7. The van der Waals surface area contributed by atoms with Gasteiger partial charge in [0.2, 0.25) is 0 Å². The molecule has 0 aliphatic carbocycles. The highest BCUT2D eigenvalue weighted by Gasteiger charge is 2.25. The van der Waals surface area contributed by atoms with Gasteiger partial charge in [0.1, 0.15) is 5.82 Å². The second-order valence-corrected chi connectivity index (χ2v) is 6.50. The van der Waals surface area contributed by atoms with Gasteiger partial charge in [-0.3, -0.25) is 9.59 Å². The van der Waals surface area contributed by atoms with Crippen molar-refractivity contribution in [3.05, 3.63) is 70.0 Å². The van der Waals surface area contributed by atoms with E-state index in [1.807, 2.05) is 0 Å². The Balaban J connectivity index is 1.64. The first-order valence-electron chi connectivity index (χ1n) is 8.06. The van der Waals surface area contributed by atoms with E-state index < -0.39 is 0 Å². The molecule has 2 aromatic rings. The van der Waals surface area contributed by atoms with Crippen LogP contribution in [0.1, 0.15) is 26.3 Å². The van der Waals surface area contributed by atoms with Gasteiger partial charge in [-0.15, -0.1) is 0 Å². The minimum Gasteiger partial charge on any atom is -0.335 e. The van der Waals surface area contributed by atoms with E-state index in [1.54, 1.807) is 53.1 Å². The molecule has 2 amide bonds. The fraction of sp³-hybridized carbons (Fsp3) is 0.263. The van der Waals surface area contributed by atoms with Crippen LogP contribution in [0.2, 0.25) is 5.02 Å². The Labute approximate surface area is 150 Å². The molecule has 0 N–H and O–H groups in total. The number of hydrogen-bond acceptors (Lipinski definition) is 2. The van der Waals surface area contributed by atoms with Crippen molar-refractivity contribution in [2.45, 2.75) is 6.92 Å². The van der Waals surface area contributed by atoms with Crippen molar-refractivity contribution in [1.82, 2.24) is 9.80 Å². The topological polar surface area (TPSA) is 40.6 Å². The first-order valence-corrected chi connectivity index (χ1v) is 8.44. The number of amides is 2.